The van der Waals surface area contributed by atoms with Gasteiger partial charge in [-0.05, 0) is 30.6 Å². The van der Waals surface area contributed by atoms with E-state index in [1.54, 1.807) is 6.07 Å². The molecule has 228 valence electrons. The van der Waals surface area contributed by atoms with Gasteiger partial charge in [0.1, 0.15) is 30.7 Å². The van der Waals surface area contributed by atoms with E-state index in [2.05, 4.69) is 24.9 Å². The van der Waals surface area contributed by atoms with Crippen LogP contribution >= 0.6 is 14.5 Å². The molecule has 2 bridgehead atoms. The van der Waals surface area contributed by atoms with Crippen LogP contribution in [0.15, 0.2) is 29.7 Å². The number of anilines is 1. The van der Waals surface area contributed by atoms with Gasteiger partial charge in [-0.3, -0.25) is 27.9 Å². The largest absolute Gasteiger partial charge is 0.474 e. The van der Waals surface area contributed by atoms with Crippen LogP contribution in [0.2, 0.25) is 0 Å². The summed E-state index contributed by atoms with van der Waals surface area (Å²) in [5.41, 5.74) is 5.00. The maximum absolute atomic E-state index is 13.0. The molecule has 21 heteroatoms. The quantitative estimate of drug-likeness (QED) is 0.237. The van der Waals surface area contributed by atoms with Crippen molar-refractivity contribution in [3.05, 3.63) is 35.3 Å². The number of aromatic nitrogens is 6. The number of hydrogen-bond donors (Lipinski definition) is 5. The molecular formula is C21H27N7O11P2S. The Labute approximate surface area is 242 Å². The Bertz CT molecular complexity index is 1600. The SMILES string of the molecule is Nc1nc2c(ncn2[C@@H]2O[C@@H]3COP(=O)(O)O[C@H]4C[C@H](Oc5ccncn5)C[C@@H]4CCOP(O)(=S)O[C@@H]2[C@@H]3O)c(=O)[nH]1. The van der Waals surface area contributed by atoms with Crippen molar-refractivity contribution in [3.63, 3.8) is 0 Å². The molecule has 18 nitrogen and oxygen atoms in total. The fraction of sp³-hybridized carbons (Fsp3) is 0.571. The number of imidazole rings is 1. The third-order valence-corrected chi connectivity index (χ3v) is 9.74. The van der Waals surface area contributed by atoms with Crippen molar-refractivity contribution in [1.29, 1.82) is 0 Å². The zero-order valence-electron chi connectivity index (χ0n) is 21.6. The zero-order valence-corrected chi connectivity index (χ0v) is 24.2. The van der Waals surface area contributed by atoms with Gasteiger partial charge in [0, 0.05) is 18.7 Å². The number of aromatic amines is 1. The molecular weight excluding hydrogens is 620 g/mol. The van der Waals surface area contributed by atoms with Crippen molar-refractivity contribution in [2.75, 3.05) is 18.9 Å². The number of nitrogens with one attached hydrogen (secondary N) is 1. The number of aliphatic hydroxyl groups is 1. The highest BCUT2D eigenvalue weighted by atomic mass is 32.5. The lowest BCUT2D eigenvalue weighted by molar-refractivity contribution is -0.0513. The van der Waals surface area contributed by atoms with Gasteiger partial charge < -0.3 is 34.6 Å². The second-order valence-corrected chi connectivity index (χ2v) is 14.1. The van der Waals surface area contributed by atoms with Crippen LogP contribution in [0.3, 0.4) is 0 Å². The number of aliphatic hydroxyl groups excluding tert-OH is 1. The minimum atomic E-state index is -4.67. The summed E-state index contributed by atoms with van der Waals surface area (Å²) >= 11 is 5.24. The van der Waals surface area contributed by atoms with E-state index < -0.39 is 63.5 Å². The molecule has 6 N–H and O–H groups in total. The standard InChI is InChI=1S/C21H27N7O11P2S/c22-21-26-18-15(19(30)27-21)25-9-28(18)20-17-16(29)13(37-20)7-35-40(31,32)38-12-6-11(36-14-1-3-23-8-24-14)5-10(12)2-4-34-41(33,42)39-17/h1,3,8-13,16-17,20,29H,2,4-7H2,(H,31,32)(H,33,42)(H3,22,26,27,30)/t10-,11+,12-,13+,16+,17+,20+,41?/m0/s1. The van der Waals surface area contributed by atoms with Gasteiger partial charge in [0.2, 0.25) is 11.8 Å². The molecule has 3 aromatic heterocycles. The van der Waals surface area contributed by atoms with Crippen LogP contribution in [-0.4, -0.2) is 88.1 Å². The van der Waals surface area contributed by atoms with Gasteiger partial charge in [-0.1, -0.05) is 0 Å². The van der Waals surface area contributed by atoms with Crippen molar-refractivity contribution in [2.45, 2.75) is 56.0 Å². The van der Waals surface area contributed by atoms with Crippen LogP contribution < -0.4 is 16.0 Å². The Morgan fingerprint density at radius 2 is 2.02 bits per heavy atom. The first-order valence-electron chi connectivity index (χ1n) is 12.8. The maximum atomic E-state index is 13.0. The van der Waals surface area contributed by atoms with Crippen molar-refractivity contribution in [1.82, 2.24) is 29.5 Å². The fourth-order valence-corrected chi connectivity index (χ4v) is 7.73. The molecule has 1 saturated carbocycles. The lowest BCUT2D eigenvalue weighted by atomic mass is 10.0. The number of fused-ring (bicyclic) bond motifs is 4. The Morgan fingerprint density at radius 3 is 2.81 bits per heavy atom. The summed E-state index contributed by atoms with van der Waals surface area (Å²) in [4.78, 5) is 52.1. The Hall–Kier alpha value is -2.41. The molecule has 1 aliphatic carbocycles. The number of nitrogens with zero attached hydrogens (tertiary/aromatic N) is 5. The molecule has 2 unspecified atom stereocenters. The summed E-state index contributed by atoms with van der Waals surface area (Å²) in [6.45, 7) is -4.70. The third-order valence-electron chi connectivity index (χ3n) is 7.13. The Morgan fingerprint density at radius 1 is 1.19 bits per heavy atom. The molecule has 3 fully saturated rings. The summed E-state index contributed by atoms with van der Waals surface area (Å²) in [6, 6.07) is 1.59. The number of H-pyrrole nitrogens is 1. The molecule has 3 aromatic rings. The number of nitrogens with two attached hydrogens (primary N) is 1. The van der Waals surface area contributed by atoms with Gasteiger partial charge >= 0.3 is 14.5 Å². The van der Waals surface area contributed by atoms with Crippen LogP contribution in [0.1, 0.15) is 25.5 Å². The fourth-order valence-electron chi connectivity index (χ4n) is 5.28. The average Bonchev–Trinajstić information content (AvgIpc) is 3.59. The van der Waals surface area contributed by atoms with Gasteiger partial charge in [-0.25, -0.2) is 19.5 Å². The number of rotatable bonds is 3. The second kappa shape index (κ2) is 11.6. The van der Waals surface area contributed by atoms with E-state index in [4.69, 9.17) is 45.1 Å². The van der Waals surface area contributed by atoms with E-state index in [0.717, 1.165) is 0 Å². The van der Waals surface area contributed by atoms with Gasteiger partial charge in [-0.15, -0.1) is 0 Å². The normalized spacial score (nSPS) is 37.7. The van der Waals surface area contributed by atoms with E-state index in [9.17, 15) is 24.3 Å². The van der Waals surface area contributed by atoms with Gasteiger partial charge in [0.15, 0.2) is 17.4 Å². The molecule has 2 saturated heterocycles. The van der Waals surface area contributed by atoms with E-state index in [1.165, 1.54) is 23.4 Å². The number of ether oxygens (including phenoxy) is 2. The summed E-state index contributed by atoms with van der Waals surface area (Å²) < 4.78 is 48.2. The smallest absolute Gasteiger partial charge is 0.472 e. The third kappa shape index (κ3) is 6.27. The van der Waals surface area contributed by atoms with Crippen molar-refractivity contribution < 1.29 is 47.0 Å². The summed E-state index contributed by atoms with van der Waals surface area (Å²) in [6.07, 6.45) is -1.67. The highest BCUT2D eigenvalue weighted by molar-refractivity contribution is 8.07. The van der Waals surface area contributed by atoms with Crippen molar-refractivity contribution in [2.24, 2.45) is 5.92 Å². The monoisotopic (exact) mass is 647 g/mol. The first-order valence-corrected chi connectivity index (χ1v) is 16.9. The van der Waals surface area contributed by atoms with Crippen molar-refractivity contribution in [3.8, 4) is 5.88 Å². The van der Waals surface area contributed by atoms with Gasteiger partial charge in [-0.2, -0.15) is 4.98 Å². The summed E-state index contributed by atoms with van der Waals surface area (Å²) in [7, 11) is -4.67. The molecule has 0 amide bonds. The second-order valence-electron chi connectivity index (χ2n) is 9.92. The first kappa shape index (κ1) is 29.7. The Kier molecular flexibility index (Phi) is 8.18. The van der Waals surface area contributed by atoms with E-state index in [-0.39, 0.29) is 42.5 Å². The number of phosphoric acid groups is 1. The van der Waals surface area contributed by atoms with E-state index in [0.29, 0.717) is 12.3 Å². The topological polar surface area (TPSA) is 249 Å². The number of phosphoric ester groups is 1. The average molecular weight is 648 g/mol. The number of hydrogen-bond acceptors (Lipinski definition) is 15. The van der Waals surface area contributed by atoms with Crippen molar-refractivity contribution >= 4 is 43.5 Å². The van der Waals surface area contributed by atoms with Gasteiger partial charge in [0.05, 0.1) is 25.6 Å². The molecule has 0 aromatic carbocycles. The molecule has 0 radical (unpaired) electrons. The zero-order chi connectivity index (χ0) is 29.6. The van der Waals surface area contributed by atoms with Crippen LogP contribution in [-0.2, 0) is 39.2 Å². The molecule has 9 atom stereocenters. The predicted octanol–water partition coefficient (Wildman–Crippen LogP) is 0.132. The van der Waals surface area contributed by atoms with E-state index in [1.807, 2.05) is 0 Å². The molecule has 0 spiro atoms. The minimum absolute atomic E-state index is 0.00331. The molecule has 42 heavy (non-hydrogen) atoms. The molecule has 3 aliphatic rings. The minimum Gasteiger partial charge on any atom is -0.474 e. The molecule has 2 aliphatic heterocycles. The molecule has 6 rings (SSSR count). The van der Waals surface area contributed by atoms with Crippen LogP contribution in [0.25, 0.3) is 11.2 Å². The summed E-state index contributed by atoms with van der Waals surface area (Å²) in [5.74, 6) is -0.200. The number of nitrogen functional groups attached to an aromatic ring is 1. The predicted molar refractivity (Wildman–Crippen MR) is 144 cm³/mol. The van der Waals surface area contributed by atoms with Crippen LogP contribution in [0.5, 0.6) is 5.88 Å². The van der Waals surface area contributed by atoms with Crippen LogP contribution in [0, 0.1) is 5.92 Å². The maximum Gasteiger partial charge on any atom is 0.472 e. The Balaban J connectivity index is 1.25. The van der Waals surface area contributed by atoms with E-state index >= 15 is 0 Å². The summed E-state index contributed by atoms with van der Waals surface area (Å²) in [5, 5.41) is 11.1. The lowest BCUT2D eigenvalue weighted by Crippen LogP contribution is -2.35. The highest BCUT2D eigenvalue weighted by Crippen LogP contribution is 2.53. The molecule has 5 heterocycles. The van der Waals surface area contributed by atoms with Gasteiger partial charge in [0.25, 0.3) is 5.56 Å². The lowest BCUT2D eigenvalue weighted by Gasteiger charge is -2.27. The first-order chi connectivity index (χ1) is 20.0. The highest BCUT2D eigenvalue weighted by Gasteiger charge is 2.50. The van der Waals surface area contributed by atoms with Crippen LogP contribution in [0.4, 0.5) is 5.95 Å².